The predicted molar refractivity (Wildman–Crippen MR) is 76.9 cm³/mol. The molecule has 2 unspecified atom stereocenters. The minimum absolute atomic E-state index is 0.423. The van der Waals surface area contributed by atoms with Crippen molar-refractivity contribution in [2.24, 2.45) is 5.92 Å². The molecule has 0 heterocycles. The lowest BCUT2D eigenvalue weighted by atomic mass is 9.89. The van der Waals surface area contributed by atoms with Gasteiger partial charge in [0.2, 0.25) is 0 Å². The third-order valence-corrected chi connectivity index (χ3v) is 4.39. The summed E-state index contributed by atoms with van der Waals surface area (Å²) in [6.45, 7) is 2.98. The third kappa shape index (κ3) is 3.72. The summed E-state index contributed by atoms with van der Waals surface area (Å²) < 4.78 is 12.4. The van der Waals surface area contributed by atoms with Crippen LogP contribution in [0.15, 0.2) is 22.7 Å². The summed E-state index contributed by atoms with van der Waals surface area (Å²) in [5, 5.41) is 0. The smallest absolute Gasteiger partial charge is 0.119 e. The number of halogens is 1. The minimum atomic E-state index is 0.423. The molecule has 0 radical (unpaired) electrons. The van der Waals surface area contributed by atoms with E-state index in [0.717, 1.165) is 21.7 Å². The maximum atomic E-state index is 6.03. The Morgan fingerprint density at radius 3 is 2.89 bits per heavy atom. The molecule has 0 aliphatic heterocycles. The molecule has 0 aromatic heterocycles. The Morgan fingerprint density at radius 2 is 2.17 bits per heavy atom. The summed E-state index contributed by atoms with van der Waals surface area (Å²) in [6, 6.07) is 6.01. The highest BCUT2D eigenvalue weighted by molar-refractivity contribution is 9.10. The average Bonchev–Trinajstić information content (AvgIpc) is 2.38. The number of methoxy groups -OCH3 is 1. The molecule has 1 aromatic rings. The van der Waals surface area contributed by atoms with Crippen molar-refractivity contribution in [2.45, 2.75) is 45.3 Å². The molecule has 0 bridgehead atoms. The Balaban J connectivity index is 1.92. The molecular formula is C15H21BrO2. The van der Waals surface area contributed by atoms with Crippen LogP contribution in [-0.2, 0) is 11.3 Å². The number of ether oxygens (including phenoxy) is 2. The first-order valence-electron chi connectivity index (χ1n) is 6.63. The van der Waals surface area contributed by atoms with Gasteiger partial charge in [-0.05, 0) is 42.5 Å². The van der Waals surface area contributed by atoms with E-state index in [2.05, 4.69) is 22.9 Å². The van der Waals surface area contributed by atoms with E-state index >= 15 is 0 Å². The molecule has 2 nitrogen and oxygen atoms in total. The molecule has 1 fully saturated rings. The molecule has 18 heavy (non-hydrogen) atoms. The standard InChI is InChI=1S/C15H21BrO2/c1-11-4-3-5-14(8-11)18-10-12-9-13(17-2)6-7-15(12)16/h6-7,9,11,14H,3-5,8,10H2,1-2H3. The van der Waals surface area contributed by atoms with E-state index in [-0.39, 0.29) is 0 Å². The van der Waals surface area contributed by atoms with Crippen molar-refractivity contribution in [3.8, 4) is 5.75 Å². The van der Waals surface area contributed by atoms with E-state index in [0.29, 0.717) is 12.7 Å². The van der Waals surface area contributed by atoms with Crippen LogP contribution in [0.4, 0.5) is 0 Å². The number of hydrogen-bond donors (Lipinski definition) is 0. The molecule has 100 valence electrons. The largest absolute Gasteiger partial charge is 0.497 e. The summed E-state index contributed by atoms with van der Waals surface area (Å²) >= 11 is 3.56. The molecule has 2 atom stereocenters. The van der Waals surface area contributed by atoms with E-state index in [4.69, 9.17) is 9.47 Å². The molecule has 1 aliphatic rings. The zero-order valence-electron chi connectivity index (χ0n) is 11.1. The highest BCUT2D eigenvalue weighted by atomic mass is 79.9. The topological polar surface area (TPSA) is 18.5 Å². The Morgan fingerprint density at radius 1 is 1.33 bits per heavy atom. The second-order valence-corrected chi connectivity index (χ2v) is 6.02. The van der Waals surface area contributed by atoms with Crippen molar-refractivity contribution in [1.82, 2.24) is 0 Å². The zero-order chi connectivity index (χ0) is 13.0. The molecule has 0 saturated heterocycles. The maximum absolute atomic E-state index is 6.03. The van der Waals surface area contributed by atoms with Gasteiger partial charge in [0.25, 0.3) is 0 Å². The highest BCUT2D eigenvalue weighted by Gasteiger charge is 2.19. The average molecular weight is 313 g/mol. The molecule has 1 aliphatic carbocycles. The van der Waals surface area contributed by atoms with Gasteiger partial charge in [0.15, 0.2) is 0 Å². The zero-order valence-corrected chi connectivity index (χ0v) is 12.7. The lowest BCUT2D eigenvalue weighted by molar-refractivity contribution is 0.00437. The number of benzene rings is 1. The van der Waals surface area contributed by atoms with Gasteiger partial charge < -0.3 is 9.47 Å². The van der Waals surface area contributed by atoms with Crippen LogP contribution in [0.2, 0.25) is 0 Å². The molecule has 0 N–H and O–H groups in total. The molecule has 3 heteroatoms. The van der Waals surface area contributed by atoms with Gasteiger partial charge in [-0.25, -0.2) is 0 Å². The minimum Gasteiger partial charge on any atom is -0.497 e. The van der Waals surface area contributed by atoms with Crippen LogP contribution >= 0.6 is 15.9 Å². The first-order chi connectivity index (χ1) is 8.69. The van der Waals surface area contributed by atoms with Crippen molar-refractivity contribution in [1.29, 1.82) is 0 Å². The van der Waals surface area contributed by atoms with Gasteiger partial charge in [-0.3, -0.25) is 0 Å². The Kier molecular flexibility index (Phi) is 5.07. The van der Waals surface area contributed by atoms with E-state index in [1.807, 2.05) is 18.2 Å². The van der Waals surface area contributed by atoms with Gasteiger partial charge in [-0.1, -0.05) is 35.7 Å². The lowest BCUT2D eigenvalue weighted by Gasteiger charge is -2.27. The Labute approximate surface area is 118 Å². The van der Waals surface area contributed by atoms with E-state index < -0.39 is 0 Å². The monoisotopic (exact) mass is 312 g/mol. The summed E-state index contributed by atoms with van der Waals surface area (Å²) in [6.07, 6.45) is 5.47. The molecular weight excluding hydrogens is 292 g/mol. The Bertz CT molecular complexity index is 392. The summed E-state index contributed by atoms with van der Waals surface area (Å²) in [7, 11) is 1.69. The Hall–Kier alpha value is -0.540. The summed E-state index contributed by atoms with van der Waals surface area (Å²) in [4.78, 5) is 0. The normalized spacial score (nSPS) is 23.9. The number of rotatable bonds is 4. The quantitative estimate of drug-likeness (QED) is 0.811. The molecule has 2 rings (SSSR count). The van der Waals surface area contributed by atoms with Crippen LogP contribution in [0, 0.1) is 5.92 Å². The molecule has 0 spiro atoms. The third-order valence-electron chi connectivity index (χ3n) is 3.62. The summed E-state index contributed by atoms with van der Waals surface area (Å²) in [5.74, 6) is 1.69. The fourth-order valence-corrected chi connectivity index (χ4v) is 2.89. The fraction of sp³-hybridized carbons (Fsp3) is 0.600. The van der Waals surface area contributed by atoms with Crippen LogP contribution in [0.5, 0.6) is 5.75 Å². The lowest BCUT2D eigenvalue weighted by Crippen LogP contribution is -2.21. The fourth-order valence-electron chi connectivity index (χ4n) is 2.53. The van der Waals surface area contributed by atoms with Crippen molar-refractivity contribution in [2.75, 3.05) is 7.11 Å². The van der Waals surface area contributed by atoms with Gasteiger partial charge in [-0.2, -0.15) is 0 Å². The van der Waals surface area contributed by atoms with Crippen molar-refractivity contribution < 1.29 is 9.47 Å². The van der Waals surface area contributed by atoms with Crippen LogP contribution in [0.25, 0.3) is 0 Å². The van der Waals surface area contributed by atoms with E-state index in [1.54, 1.807) is 7.11 Å². The van der Waals surface area contributed by atoms with Gasteiger partial charge in [0.05, 0.1) is 19.8 Å². The number of hydrogen-bond acceptors (Lipinski definition) is 2. The first-order valence-corrected chi connectivity index (χ1v) is 7.42. The highest BCUT2D eigenvalue weighted by Crippen LogP contribution is 2.28. The van der Waals surface area contributed by atoms with E-state index in [1.165, 1.54) is 25.7 Å². The van der Waals surface area contributed by atoms with Crippen LogP contribution in [0.3, 0.4) is 0 Å². The van der Waals surface area contributed by atoms with Crippen LogP contribution in [-0.4, -0.2) is 13.2 Å². The van der Waals surface area contributed by atoms with Gasteiger partial charge >= 0.3 is 0 Å². The van der Waals surface area contributed by atoms with Crippen LogP contribution in [0.1, 0.15) is 38.2 Å². The SMILES string of the molecule is COc1ccc(Br)c(COC2CCCC(C)C2)c1. The van der Waals surface area contributed by atoms with Crippen molar-refractivity contribution >= 4 is 15.9 Å². The van der Waals surface area contributed by atoms with E-state index in [9.17, 15) is 0 Å². The summed E-state index contributed by atoms with van der Waals surface area (Å²) in [5.41, 5.74) is 1.16. The molecule has 1 aromatic carbocycles. The van der Waals surface area contributed by atoms with Crippen LogP contribution < -0.4 is 4.74 Å². The second-order valence-electron chi connectivity index (χ2n) is 5.16. The van der Waals surface area contributed by atoms with Gasteiger partial charge in [0, 0.05) is 4.47 Å². The second kappa shape index (κ2) is 6.58. The van der Waals surface area contributed by atoms with Gasteiger partial charge in [0.1, 0.15) is 5.75 Å². The molecule has 0 amide bonds. The van der Waals surface area contributed by atoms with Crippen molar-refractivity contribution in [3.05, 3.63) is 28.2 Å². The maximum Gasteiger partial charge on any atom is 0.119 e. The first kappa shape index (κ1) is 13.9. The van der Waals surface area contributed by atoms with Crippen molar-refractivity contribution in [3.63, 3.8) is 0 Å². The van der Waals surface area contributed by atoms with Gasteiger partial charge in [-0.15, -0.1) is 0 Å². The predicted octanol–water partition coefficient (Wildman–Crippen LogP) is 4.55. The molecule has 1 saturated carbocycles.